The minimum Gasteiger partial charge on any atom is -0.465 e. The Labute approximate surface area is 103 Å². The molecule has 6 nitrogen and oxygen atoms in total. The van der Waals surface area contributed by atoms with Gasteiger partial charge >= 0.3 is 5.97 Å². The van der Waals surface area contributed by atoms with Crippen molar-refractivity contribution in [3.05, 3.63) is 45.5 Å². The molecule has 0 spiro atoms. The highest BCUT2D eigenvalue weighted by molar-refractivity contribution is 6.19. The van der Waals surface area contributed by atoms with E-state index >= 15 is 0 Å². The molecule has 0 atom stereocenters. The average molecular weight is 249 g/mol. The van der Waals surface area contributed by atoms with Crippen LogP contribution in [0, 0.1) is 10.1 Å². The largest absolute Gasteiger partial charge is 0.465 e. The predicted molar refractivity (Wildman–Crippen MR) is 63.8 cm³/mol. The number of benzene rings is 1. The van der Waals surface area contributed by atoms with E-state index in [-0.39, 0.29) is 16.8 Å². The van der Waals surface area contributed by atoms with Gasteiger partial charge in [-0.2, -0.15) is 0 Å². The quantitative estimate of drug-likeness (QED) is 0.202. The zero-order chi connectivity index (χ0) is 13.7. The fourth-order valence-corrected chi connectivity index (χ4v) is 1.35. The van der Waals surface area contributed by atoms with Gasteiger partial charge in [-0.25, -0.2) is 4.79 Å². The number of ketones is 1. The van der Waals surface area contributed by atoms with E-state index in [1.165, 1.54) is 25.1 Å². The summed E-state index contributed by atoms with van der Waals surface area (Å²) in [5.41, 5.74) is -0.231. The summed E-state index contributed by atoms with van der Waals surface area (Å²) in [5, 5.41) is 10.8. The number of ether oxygens (including phenoxy) is 1. The lowest BCUT2D eigenvalue weighted by Crippen LogP contribution is -2.11. The number of carbonyl (C=O) groups is 2. The van der Waals surface area contributed by atoms with Crippen molar-refractivity contribution < 1.29 is 19.2 Å². The van der Waals surface area contributed by atoms with Crippen molar-refractivity contribution in [1.82, 2.24) is 0 Å². The summed E-state index contributed by atoms with van der Waals surface area (Å²) in [7, 11) is 1.14. The van der Waals surface area contributed by atoms with E-state index < -0.39 is 16.7 Å². The van der Waals surface area contributed by atoms with Crippen molar-refractivity contribution >= 4 is 23.5 Å². The second kappa shape index (κ2) is 5.72. The number of hydrogen-bond donors (Lipinski definition) is 0. The standard InChI is InChI=1S/C12H11NO5/c1-8(14)10(12(15)18-2)7-9-5-3-4-6-11(9)13(16)17/h3-7H,1-2H3/b10-7-. The molecule has 1 aromatic carbocycles. The molecule has 0 N–H and O–H groups in total. The molecule has 0 heterocycles. The van der Waals surface area contributed by atoms with Gasteiger partial charge in [-0.3, -0.25) is 14.9 Å². The number of methoxy groups -OCH3 is 1. The number of nitro groups is 1. The smallest absolute Gasteiger partial charge is 0.341 e. The first-order valence-corrected chi connectivity index (χ1v) is 5.01. The van der Waals surface area contributed by atoms with Gasteiger partial charge in [0.2, 0.25) is 0 Å². The molecule has 0 saturated heterocycles. The predicted octanol–water partition coefficient (Wildman–Crippen LogP) is 1.74. The maximum absolute atomic E-state index is 11.4. The summed E-state index contributed by atoms with van der Waals surface area (Å²) < 4.78 is 4.45. The van der Waals surface area contributed by atoms with Crippen molar-refractivity contribution in [2.24, 2.45) is 0 Å². The molecule has 1 aromatic rings. The number of carbonyl (C=O) groups excluding carboxylic acids is 2. The van der Waals surface area contributed by atoms with Crippen LogP contribution in [0.1, 0.15) is 12.5 Å². The lowest BCUT2D eigenvalue weighted by atomic mass is 10.1. The Balaban J connectivity index is 3.33. The molecule has 0 fully saturated rings. The molecule has 18 heavy (non-hydrogen) atoms. The Morgan fingerprint density at radius 2 is 1.94 bits per heavy atom. The van der Waals surface area contributed by atoms with Crippen LogP contribution in [0.5, 0.6) is 0 Å². The van der Waals surface area contributed by atoms with Crippen LogP contribution >= 0.6 is 0 Å². The SMILES string of the molecule is COC(=O)/C(=C\c1ccccc1[N+](=O)[O-])C(C)=O. The molecule has 6 heteroatoms. The van der Waals surface area contributed by atoms with Gasteiger partial charge in [0.1, 0.15) is 5.57 Å². The highest BCUT2D eigenvalue weighted by atomic mass is 16.6. The summed E-state index contributed by atoms with van der Waals surface area (Å²) in [6, 6.07) is 5.82. The summed E-state index contributed by atoms with van der Waals surface area (Å²) in [6.45, 7) is 1.19. The number of Topliss-reactive ketones (excluding diaryl/α,β-unsaturated/α-hetero) is 1. The molecule has 94 valence electrons. The first kappa shape index (κ1) is 13.6. The number of hydrogen-bond acceptors (Lipinski definition) is 5. The Bertz CT molecular complexity index is 533. The summed E-state index contributed by atoms with van der Waals surface area (Å²) in [4.78, 5) is 32.9. The number of nitro benzene ring substituents is 1. The molecular weight excluding hydrogens is 238 g/mol. The first-order valence-electron chi connectivity index (χ1n) is 5.01. The van der Waals surface area contributed by atoms with Crippen LogP contribution in [0.2, 0.25) is 0 Å². The van der Waals surface area contributed by atoms with Gasteiger partial charge in [-0.15, -0.1) is 0 Å². The highest BCUT2D eigenvalue weighted by Crippen LogP contribution is 2.21. The maximum atomic E-state index is 11.4. The molecule has 0 radical (unpaired) electrons. The van der Waals surface area contributed by atoms with E-state index in [1.807, 2.05) is 0 Å². The molecule has 1 rings (SSSR count). The molecule has 0 aliphatic rings. The zero-order valence-electron chi connectivity index (χ0n) is 9.88. The lowest BCUT2D eigenvalue weighted by molar-refractivity contribution is -0.385. The van der Waals surface area contributed by atoms with Crippen LogP contribution in [0.4, 0.5) is 5.69 Å². The van der Waals surface area contributed by atoms with Crippen LogP contribution < -0.4 is 0 Å². The van der Waals surface area contributed by atoms with Crippen molar-refractivity contribution in [2.45, 2.75) is 6.92 Å². The number of nitrogens with zero attached hydrogens (tertiary/aromatic N) is 1. The minimum atomic E-state index is -0.819. The summed E-state index contributed by atoms with van der Waals surface area (Å²) >= 11 is 0. The molecular formula is C12H11NO5. The topological polar surface area (TPSA) is 86.5 Å². The number of esters is 1. The molecule has 0 bridgehead atoms. The van der Waals surface area contributed by atoms with E-state index in [0.717, 1.165) is 13.2 Å². The van der Waals surface area contributed by atoms with Crippen LogP contribution in [0.3, 0.4) is 0 Å². The van der Waals surface area contributed by atoms with E-state index in [2.05, 4.69) is 4.74 Å². The van der Waals surface area contributed by atoms with Gasteiger partial charge in [-0.1, -0.05) is 12.1 Å². The van der Waals surface area contributed by atoms with Gasteiger partial charge < -0.3 is 4.74 Å². The van der Waals surface area contributed by atoms with E-state index in [9.17, 15) is 19.7 Å². The van der Waals surface area contributed by atoms with Crippen molar-refractivity contribution in [1.29, 1.82) is 0 Å². The summed E-state index contributed by atoms with van der Waals surface area (Å²) in [5.74, 6) is -1.33. The minimum absolute atomic E-state index is 0.179. The Morgan fingerprint density at radius 1 is 1.33 bits per heavy atom. The molecule has 0 aliphatic carbocycles. The van der Waals surface area contributed by atoms with Gasteiger partial charge in [-0.05, 0) is 19.1 Å². The molecule has 0 unspecified atom stereocenters. The average Bonchev–Trinajstić information content (AvgIpc) is 2.34. The molecule has 0 aliphatic heterocycles. The van der Waals surface area contributed by atoms with E-state index in [1.54, 1.807) is 6.07 Å². The third-order valence-corrected chi connectivity index (χ3v) is 2.22. The molecule has 0 saturated carbocycles. The van der Waals surface area contributed by atoms with Crippen LogP contribution in [-0.2, 0) is 14.3 Å². The first-order chi connectivity index (χ1) is 8.47. The number of para-hydroxylation sites is 1. The second-order valence-electron chi connectivity index (χ2n) is 3.42. The van der Waals surface area contributed by atoms with Gasteiger partial charge in [0, 0.05) is 6.07 Å². The third-order valence-electron chi connectivity index (χ3n) is 2.22. The Hall–Kier alpha value is -2.50. The van der Waals surface area contributed by atoms with Crippen molar-refractivity contribution in [3.63, 3.8) is 0 Å². The van der Waals surface area contributed by atoms with E-state index in [0.29, 0.717) is 0 Å². The van der Waals surface area contributed by atoms with Crippen LogP contribution in [-0.4, -0.2) is 23.8 Å². The van der Waals surface area contributed by atoms with E-state index in [4.69, 9.17) is 0 Å². The third kappa shape index (κ3) is 3.00. The van der Waals surface area contributed by atoms with Crippen molar-refractivity contribution in [2.75, 3.05) is 7.11 Å². The molecule has 0 aromatic heterocycles. The van der Waals surface area contributed by atoms with Gasteiger partial charge in [0.25, 0.3) is 5.69 Å². The van der Waals surface area contributed by atoms with Gasteiger partial charge in [0.15, 0.2) is 5.78 Å². The Morgan fingerprint density at radius 3 is 2.44 bits per heavy atom. The lowest BCUT2D eigenvalue weighted by Gasteiger charge is -2.02. The van der Waals surface area contributed by atoms with Crippen LogP contribution in [0.15, 0.2) is 29.8 Å². The second-order valence-corrected chi connectivity index (χ2v) is 3.42. The zero-order valence-corrected chi connectivity index (χ0v) is 9.88. The van der Waals surface area contributed by atoms with Crippen molar-refractivity contribution in [3.8, 4) is 0 Å². The fraction of sp³-hybridized carbons (Fsp3) is 0.167. The maximum Gasteiger partial charge on any atom is 0.341 e. The normalized spacial score (nSPS) is 10.9. The van der Waals surface area contributed by atoms with Gasteiger partial charge in [0.05, 0.1) is 17.6 Å². The number of rotatable bonds is 4. The Kier molecular flexibility index (Phi) is 4.31. The molecule has 0 amide bonds. The monoisotopic (exact) mass is 249 g/mol. The van der Waals surface area contributed by atoms with Crippen LogP contribution in [0.25, 0.3) is 6.08 Å². The highest BCUT2D eigenvalue weighted by Gasteiger charge is 2.18. The summed E-state index contributed by atoms with van der Waals surface area (Å²) in [6.07, 6.45) is 1.16. The fourth-order valence-electron chi connectivity index (χ4n) is 1.35.